The SMILES string of the molecule is CCC(CC)CN1CCC2(CC1)CC(OCC(=O)N1CCOCC1)CCO2. The zero-order chi connectivity index (χ0) is 19.1. The molecule has 3 aliphatic rings. The fourth-order valence-electron chi connectivity index (χ4n) is 4.62. The zero-order valence-electron chi connectivity index (χ0n) is 17.3. The largest absolute Gasteiger partial charge is 0.378 e. The minimum absolute atomic E-state index is 0.0324. The highest BCUT2D eigenvalue weighted by atomic mass is 16.5. The van der Waals surface area contributed by atoms with Crippen LogP contribution in [-0.4, -0.2) is 86.6 Å². The number of ether oxygens (including phenoxy) is 3. The summed E-state index contributed by atoms with van der Waals surface area (Å²) < 4.78 is 17.6. The molecule has 0 radical (unpaired) electrons. The zero-order valence-corrected chi connectivity index (χ0v) is 17.3. The number of hydrogen-bond acceptors (Lipinski definition) is 5. The minimum Gasteiger partial charge on any atom is -0.378 e. The molecule has 1 unspecified atom stereocenters. The van der Waals surface area contributed by atoms with E-state index in [9.17, 15) is 4.79 Å². The number of carbonyl (C=O) groups excluding carboxylic acids is 1. The van der Waals surface area contributed by atoms with E-state index in [-0.39, 0.29) is 24.2 Å². The molecule has 0 N–H and O–H groups in total. The lowest BCUT2D eigenvalue weighted by Crippen LogP contribution is -2.51. The van der Waals surface area contributed by atoms with Crippen LogP contribution >= 0.6 is 0 Å². The Kier molecular flexibility index (Phi) is 7.94. The lowest BCUT2D eigenvalue weighted by Gasteiger charge is -2.46. The van der Waals surface area contributed by atoms with Gasteiger partial charge in [0.25, 0.3) is 0 Å². The molecule has 1 amide bonds. The molecule has 6 heteroatoms. The van der Waals surface area contributed by atoms with E-state index < -0.39 is 0 Å². The standard InChI is InChI=1S/C21H38N2O4/c1-3-18(4-2)16-22-8-6-21(7-9-22)15-19(5-12-27-21)26-17-20(24)23-10-13-25-14-11-23/h18-19H,3-17H2,1-2H3. The Hall–Kier alpha value is -0.690. The summed E-state index contributed by atoms with van der Waals surface area (Å²) in [4.78, 5) is 16.8. The number of morpholine rings is 1. The molecular weight excluding hydrogens is 344 g/mol. The van der Waals surface area contributed by atoms with Crippen LogP contribution in [0.2, 0.25) is 0 Å². The number of amides is 1. The summed E-state index contributed by atoms with van der Waals surface area (Å²) in [6.07, 6.45) is 6.69. The van der Waals surface area contributed by atoms with Gasteiger partial charge in [-0.1, -0.05) is 26.7 Å². The molecule has 0 saturated carbocycles. The summed E-state index contributed by atoms with van der Waals surface area (Å²) in [6, 6.07) is 0. The van der Waals surface area contributed by atoms with Crippen LogP contribution in [0.25, 0.3) is 0 Å². The van der Waals surface area contributed by atoms with Gasteiger partial charge in [0, 0.05) is 45.8 Å². The molecule has 0 aliphatic carbocycles. The topological polar surface area (TPSA) is 51.2 Å². The molecule has 0 aromatic heterocycles. The van der Waals surface area contributed by atoms with Crippen LogP contribution in [0.5, 0.6) is 0 Å². The summed E-state index contributed by atoms with van der Waals surface area (Å²) >= 11 is 0. The van der Waals surface area contributed by atoms with E-state index in [2.05, 4.69) is 18.7 Å². The number of nitrogens with zero attached hydrogens (tertiary/aromatic N) is 2. The van der Waals surface area contributed by atoms with E-state index in [4.69, 9.17) is 14.2 Å². The van der Waals surface area contributed by atoms with Crippen LogP contribution in [0, 0.1) is 5.92 Å². The first-order valence-electron chi connectivity index (χ1n) is 11.0. The summed E-state index contributed by atoms with van der Waals surface area (Å²) in [7, 11) is 0. The lowest BCUT2D eigenvalue weighted by atomic mass is 9.83. The Balaban J connectivity index is 1.42. The van der Waals surface area contributed by atoms with E-state index in [1.165, 1.54) is 19.4 Å². The van der Waals surface area contributed by atoms with Gasteiger partial charge in [-0.2, -0.15) is 0 Å². The molecule has 156 valence electrons. The Morgan fingerprint density at radius 3 is 2.48 bits per heavy atom. The van der Waals surface area contributed by atoms with Crippen LogP contribution in [0.4, 0.5) is 0 Å². The Bertz CT molecular complexity index is 455. The Morgan fingerprint density at radius 1 is 1.11 bits per heavy atom. The molecule has 0 bridgehead atoms. The van der Waals surface area contributed by atoms with Crippen molar-refractivity contribution in [2.75, 3.05) is 59.2 Å². The molecule has 3 saturated heterocycles. The van der Waals surface area contributed by atoms with Crippen molar-refractivity contribution >= 4 is 5.91 Å². The third-order valence-electron chi connectivity index (χ3n) is 6.69. The maximum atomic E-state index is 12.3. The first-order chi connectivity index (χ1) is 13.1. The average molecular weight is 383 g/mol. The van der Waals surface area contributed by atoms with Crippen molar-refractivity contribution in [2.45, 2.75) is 64.1 Å². The van der Waals surface area contributed by atoms with E-state index in [1.54, 1.807) is 0 Å². The highest BCUT2D eigenvalue weighted by Gasteiger charge is 2.41. The van der Waals surface area contributed by atoms with Gasteiger partial charge in [-0.15, -0.1) is 0 Å². The fourth-order valence-corrected chi connectivity index (χ4v) is 4.62. The lowest BCUT2D eigenvalue weighted by molar-refractivity contribution is -0.165. The predicted octanol–water partition coefficient (Wildman–Crippen LogP) is 2.31. The molecule has 3 fully saturated rings. The van der Waals surface area contributed by atoms with Crippen molar-refractivity contribution in [1.29, 1.82) is 0 Å². The molecule has 27 heavy (non-hydrogen) atoms. The van der Waals surface area contributed by atoms with Gasteiger partial charge >= 0.3 is 0 Å². The van der Waals surface area contributed by atoms with Crippen LogP contribution in [0.3, 0.4) is 0 Å². The van der Waals surface area contributed by atoms with Crippen molar-refractivity contribution in [3.63, 3.8) is 0 Å². The summed E-state index contributed by atoms with van der Waals surface area (Å²) in [6.45, 7) is 11.7. The van der Waals surface area contributed by atoms with Gasteiger partial charge in [0.2, 0.25) is 5.91 Å². The van der Waals surface area contributed by atoms with Crippen LogP contribution in [0.15, 0.2) is 0 Å². The maximum absolute atomic E-state index is 12.3. The maximum Gasteiger partial charge on any atom is 0.248 e. The predicted molar refractivity (Wildman–Crippen MR) is 105 cm³/mol. The second-order valence-electron chi connectivity index (χ2n) is 8.43. The molecule has 1 spiro atoms. The highest BCUT2D eigenvalue weighted by Crippen LogP contribution is 2.36. The molecule has 3 heterocycles. The van der Waals surface area contributed by atoms with Crippen molar-refractivity contribution < 1.29 is 19.0 Å². The first kappa shape index (κ1) is 21.0. The Morgan fingerprint density at radius 2 is 1.81 bits per heavy atom. The third kappa shape index (κ3) is 5.89. The number of carbonyl (C=O) groups is 1. The number of rotatable bonds is 7. The molecule has 6 nitrogen and oxygen atoms in total. The van der Waals surface area contributed by atoms with Gasteiger partial charge in [-0.25, -0.2) is 0 Å². The second kappa shape index (κ2) is 10.2. The van der Waals surface area contributed by atoms with Gasteiger partial charge in [0.05, 0.1) is 24.9 Å². The average Bonchev–Trinajstić information content (AvgIpc) is 2.72. The van der Waals surface area contributed by atoms with E-state index in [0.717, 1.165) is 51.3 Å². The number of likely N-dealkylation sites (tertiary alicyclic amines) is 1. The monoisotopic (exact) mass is 382 g/mol. The number of piperidine rings is 1. The smallest absolute Gasteiger partial charge is 0.248 e. The van der Waals surface area contributed by atoms with Gasteiger partial charge in [0.15, 0.2) is 0 Å². The van der Waals surface area contributed by atoms with E-state index in [1.807, 2.05) is 4.90 Å². The fraction of sp³-hybridized carbons (Fsp3) is 0.952. The molecule has 3 aliphatic heterocycles. The quantitative estimate of drug-likeness (QED) is 0.676. The van der Waals surface area contributed by atoms with Crippen molar-refractivity contribution in [3.8, 4) is 0 Å². The van der Waals surface area contributed by atoms with Crippen LogP contribution in [0.1, 0.15) is 52.4 Å². The third-order valence-corrected chi connectivity index (χ3v) is 6.69. The number of hydrogen-bond donors (Lipinski definition) is 0. The van der Waals surface area contributed by atoms with E-state index in [0.29, 0.717) is 26.3 Å². The molecular formula is C21H38N2O4. The van der Waals surface area contributed by atoms with Crippen LogP contribution < -0.4 is 0 Å². The summed E-state index contributed by atoms with van der Waals surface area (Å²) in [5.74, 6) is 0.910. The highest BCUT2D eigenvalue weighted by molar-refractivity contribution is 5.77. The van der Waals surface area contributed by atoms with E-state index >= 15 is 0 Å². The Labute approximate surface area is 164 Å². The molecule has 1 atom stereocenters. The first-order valence-corrected chi connectivity index (χ1v) is 11.0. The van der Waals surface area contributed by atoms with Gasteiger partial charge < -0.3 is 24.0 Å². The normalized spacial score (nSPS) is 26.6. The molecule has 3 rings (SSSR count). The van der Waals surface area contributed by atoms with Crippen molar-refractivity contribution in [1.82, 2.24) is 9.80 Å². The minimum atomic E-state index is -0.0324. The summed E-state index contributed by atoms with van der Waals surface area (Å²) in [5, 5.41) is 0. The van der Waals surface area contributed by atoms with Crippen molar-refractivity contribution in [3.05, 3.63) is 0 Å². The van der Waals surface area contributed by atoms with Crippen molar-refractivity contribution in [2.24, 2.45) is 5.92 Å². The van der Waals surface area contributed by atoms with Gasteiger partial charge in [-0.05, 0) is 25.2 Å². The van der Waals surface area contributed by atoms with Crippen LogP contribution in [-0.2, 0) is 19.0 Å². The van der Waals surface area contributed by atoms with Gasteiger partial charge in [0.1, 0.15) is 6.61 Å². The van der Waals surface area contributed by atoms with Gasteiger partial charge in [-0.3, -0.25) is 4.79 Å². The molecule has 0 aromatic rings. The second-order valence-corrected chi connectivity index (χ2v) is 8.43. The summed E-state index contributed by atoms with van der Waals surface area (Å²) in [5.41, 5.74) is -0.0324. The molecule has 0 aromatic carbocycles.